The minimum absolute atomic E-state index is 1.32. The minimum atomic E-state index is -2.26. The van der Waals surface area contributed by atoms with Crippen molar-refractivity contribution in [2.75, 3.05) is 0 Å². The molecule has 0 saturated carbocycles. The van der Waals surface area contributed by atoms with Gasteiger partial charge in [0.2, 0.25) is 0 Å². The van der Waals surface area contributed by atoms with Crippen LogP contribution in [0.25, 0.3) is 32.7 Å². The van der Waals surface area contributed by atoms with Gasteiger partial charge < -0.3 is 0 Å². The Labute approximate surface area is 148 Å². The summed E-state index contributed by atoms with van der Waals surface area (Å²) in [5.74, 6) is 0. The molecular formula is C23H22Sn. The van der Waals surface area contributed by atoms with Crippen LogP contribution in [-0.2, 0) is 0 Å². The predicted molar refractivity (Wildman–Crippen MR) is 110 cm³/mol. The Balaban J connectivity index is 2.18. The molecule has 4 aromatic carbocycles. The molecule has 0 N–H and O–H groups in total. The van der Waals surface area contributed by atoms with Crippen molar-refractivity contribution in [3.8, 4) is 11.1 Å². The maximum absolute atomic E-state index is 2.51. The van der Waals surface area contributed by atoms with Crippen LogP contribution in [0.5, 0.6) is 0 Å². The third-order valence-electron chi connectivity index (χ3n) is 4.80. The van der Waals surface area contributed by atoms with Crippen molar-refractivity contribution < 1.29 is 0 Å². The van der Waals surface area contributed by atoms with Crippen LogP contribution >= 0.6 is 0 Å². The van der Waals surface area contributed by atoms with E-state index < -0.39 is 18.4 Å². The Bertz CT molecular complexity index is 1030. The van der Waals surface area contributed by atoms with E-state index in [1.54, 1.807) is 3.58 Å². The van der Waals surface area contributed by atoms with Crippen LogP contribution in [-0.4, -0.2) is 18.4 Å². The number of rotatable bonds is 2. The van der Waals surface area contributed by atoms with Gasteiger partial charge in [-0.05, 0) is 0 Å². The van der Waals surface area contributed by atoms with Gasteiger partial charge in [-0.2, -0.15) is 0 Å². The summed E-state index contributed by atoms with van der Waals surface area (Å²) in [6.45, 7) is 0. The maximum atomic E-state index is 2.51. The molecule has 0 spiro atoms. The van der Waals surface area contributed by atoms with E-state index in [1.165, 1.54) is 32.7 Å². The Kier molecular flexibility index (Phi) is 3.88. The molecule has 0 nitrogen and oxygen atoms in total. The van der Waals surface area contributed by atoms with Crippen molar-refractivity contribution >= 4 is 43.5 Å². The van der Waals surface area contributed by atoms with E-state index in [0.717, 1.165) is 0 Å². The zero-order chi connectivity index (χ0) is 16.7. The summed E-state index contributed by atoms with van der Waals surface area (Å²) < 4.78 is 1.61. The van der Waals surface area contributed by atoms with Crippen molar-refractivity contribution in [2.24, 2.45) is 0 Å². The molecule has 4 rings (SSSR count). The summed E-state index contributed by atoms with van der Waals surface area (Å²) in [6, 6.07) is 29.0. The predicted octanol–water partition coefficient (Wildman–Crippen LogP) is 6.21. The van der Waals surface area contributed by atoms with Crippen molar-refractivity contribution in [1.29, 1.82) is 0 Å². The van der Waals surface area contributed by atoms with Crippen molar-refractivity contribution in [3.63, 3.8) is 0 Å². The molecule has 0 aliphatic rings. The first kappa shape index (κ1) is 15.7. The van der Waals surface area contributed by atoms with Crippen LogP contribution in [0.15, 0.2) is 78.9 Å². The molecule has 0 amide bonds. The molecule has 4 aromatic rings. The van der Waals surface area contributed by atoms with Crippen LogP contribution in [0, 0.1) is 0 Å². The van der Waals surface area contributed by atoms with E-state index in [2.05, 4.69) is 93.7 Å². The van der Waals surface area contributed by atoms with Gasteiger partial charge in [0.1, 0.15) is 0 Å². The molecule has 0 fully saturated rings. The quantitative estimate of drug-likeness (QED) is 0.341. The molecule has 0 saturated heterocycles. The van der Waals surface area contributed by atoms with Gasteiger partial charge in [0.15, 0.2) is 0 Å². The second-order valence-corrected chi connectivity index (χ2v) is 21.9. The van der Waals surface area contributed by atoms with E-state index in [9.17, 15) is 0 Å². The third-order valence-corrected chi connectivity index (χ3v) is 10.6. The van der Waals surface area contributed by atoms with Gasteiger partial charge in [-0.3, -0.25) is 0 Å². The first-order chi connectivity index (χ1) is 11.6. The molecule has 0 heterocycles. The summed E-state index contributed by atoms with van der Waals surface area (Å²) in [5.41, 5.74) is 2.85. The van der Waals surface area contributed by atoms with E-state index in [0.29, 0.717) is 0 Å². The van der Waals surface area contributed by atoms with Gasteiger partial charge >= 0.3 is 148 Å². The molecule has 0 unspecified atom stereocenters. The fourth-order valence-electron chi connectivity index (χ4n) is 3.63. The molecule has 118 valence electrons. The first-order valence-corrected chi connectivity index (χ1v) is 18.5. The zero-order valence-electron chi connectivity index (χ0n) is 14.5. The van der Waals surface area contributed by atoms with E-state index in [4.69, 9.17) is 0 Å². The van der Waals surface area contributed by atoms with E-state index in [1.807, 2.05) is 0 Å². The molecule has 0 atom stereocenters. The molecular weight excluding hydrogens is 395 g/mol. The summed E-state index contributed by atoms with van der Waals surface area (Å²) in [4.78, 5) is 7.52. The van der Waals surface area contributed by atoms with E-state index >= 15 is 0 Å². The summed E-state index contributed by atoms with van der Waals surface area (Å²) in [7, 11) is 0. The molecule has 0 radical (unpaired) electrons. The summed E-state index contributed by atoms with van der Waals surface area (Å²) in [6.07, 6.45) is 0. The topological polar surface area (TPSA) is 0 Å². The zero-order valence-corrected chi connectivity index (χ0v) is 17.4. The van der Waals surface area contributed by atoms with Crippen LogP contribution in [0.3, 0.4) is 0 Å². The molecule has 24 heavy (non-hydrogen) atoms. The number of hydrogen-bond donors (Lipinski definition) is 0. The van der Waals surface area contributed by atoms with Crippen molar-refractivity contribution in [3.05, 3.63) is 78.9 Å². The number of hydrogen-bond acceptors (Lipinski definition) is 0. The number of benzene rings is 4. The molecule has 0 aliphatic carbocycles. The molecule has 0 aliphatic heterocycles. The van der Waals surface area contributed by atoms with Gasteiger partial charge in [-0.15, -0.1) is 0 Å². The standard InChI is InChI=1S/C20H13.3CH3.Sn/c1-3-11-17-15(7-1)9-5-13-19(17)20-14-6-10-16-8-2-4-12-18(16)20;;;;/h1-13H;3*1H3;. The monoisotopic (exact) mass is 418 g/mol. The summed E-state index contributed by atoms with van der Waals surface area (Å²) >= 11 is -2.26. The van der Waals surface area contributed by atoms with Gasteiger partial charge in [0.05, 0.1) is 0 Å². The van der Waals surface area contributed by atoms with Crippen LogP contribution in [0.2, 0.25) is 14.8 Å². The Morgan fingerprint density at radius 1 is 0.542 bits per heavy atom. The fourth-order valence-corrected chi connectivity index (χ4v) is 8.20. The fraction of sp³-hybridized carbons (Fsp3) is 0.130. The molecule has 0 bridgehead atoms. The van der Waals surface area contributed by atoms with Gasteiger partial charge in [0, 0.05) is 0 Å². The Hall–Kier alpha value is -1.80. The van der Waals surface area contributed by atoms with E-state index in [-0.39, 0.29) is 0 Å². The Morgan fingerprint density at radius 3 is 1.83 bits per heavy atom. The van der Waals surface area contributed by atoms with Gasteiger partial charge in [-0.25, -0.2) is 0 Å². The Morgan fingerprint density at radius 2 is 1.12 bits per heavy atom. The molecule has 0 aromatic heterocycles. The average Bonchev–Trinajstić information content (AvgIpc) is 2.59. The average molecular weight is 417 g/mol. The van der Waals surface area contributed by atoms with Crippen molar-refractivity contribution in [1.82, 2.24) is 0 Å². The molecule has 1 heteroatoms. The van der Waals surface area contributed by atoms with Crippen LogP contribution < -0.4 is 3.58 Å². The van der Waals surface area contributed by atoms with Crippen LogP contribution in [0.1, 0.15) is 0 Å². The van der Waals surface area contributed by atoms with Gasteiger partial charge in [-0.1, -0.05) is 0 Å². The van der Waals surface area contributed by atoms with Gasteiger partial charge in [0.25, 0.3) is 0 Å². The summed E-state index contributed by atoms with van der Waals surface area (Å²) in [5, 5.41) is 5.39. The second kappa shape index (κ2) is 5.93. The SMILES string of the molecule is [CH3][Sn]([CH3])([CH3])[c]1ccc2ccccc2c1-c1cccc2ccccc12. The van der Waals surface area contributed by atoms with Crippen molar-refractivity contribution in [2.45, 2.75) is 14.8 Å². The third kappa shape index (κ3) is 2.63. The first-order valence-electron chi connectivity index (χ1n) is 8.56. The normalized spacial score (nSPS) is 12.0. The second-order valence-electron chi connectivity index (χ2n) is 7.49. The van der Waals surface area contributed by atoms with Crippen LogP contribution in [0.4, 0.5) is 0 Å². The number of fused-ring (bicyclic) bond motifs is 2.